The van der Waals surface area contributed by atoms with Crippen molar-refractivity contribution >= 4 is 11.5 Å². The highest BCUT2D eigenvalue weighted by atomic mass is 16.6. The van der Waals surface area contributed by atoms with Gasteiger partial charge in [-0.1, -0.05) is 30.3 Å². The van der Waals surface area contributed by atoms with E-state index in [-0.39, 0.29) is 18.0 Å². The van der Waals surface area contributed by atoms with Crippen molar-refractivity contribution in [1.29, 1.82) is 0 Å². The summed E-state index contributed by atoms with van der Waals surface area (Å²) in [5.74, 6) is -0.150. The SMILES string of the molecule is O=[N+]([O-])c1ccc(N[C@H]2CCO[C@@H]2c2ccccc2)cn1. The van der Waals surface area contributed by atoms with Gasteiger partial charge in [0.1, 0.15) is 6.10 Å². The van der Waals surface area contributed by atoms with Gasteiger partial charge in [-0.2, -0.15) is 0 Å². The molecule has 2 heterocycles. The summed E-state index contributed by atoms with van der Waals surface area (Å²) in [7, 11) is 0. The van der Waals surface area contributed by atoms with Gasteiger partial charge in [-0.15, -0.1) is 0 Å². The average Bonchev–Trinajstić information content (AvgIpc) is 2.97. The van der Waals surface area contributed by atoms with Crippen LogP contribution in [0.3, 0.4) is 0 Å². The van der Waals surface area contributed by atoms with Crippen molar-refractivity contribution in [2.45, 2.75) is 18.6 Å². The summed E-state index contributed by atoms with van der Waals surface area (Å²) in [6, 6.07) is 13.2. The van der Waals surface area contributed by atoms with Gasteiger partial charge < -0.3 is 20.2 Å². The van der Waals surface area contributed by atoms with Gasteiger partial charge in [-0.25, -0.2) is 0 Å². The topological polar surface area (TPSA) is 77.3 Å². The molecular formula is C15H15N3O3. The second kappa shape index (κ2) is 5.88. The van der Waals surface area contributed by atoms with Crippen LogP contribution in [0.2, 0.25) is 0 Å². The van der Waals surface area contributed by atoms with Crippen molar-refractivity contribution < 1.29 is 9.66 Å². The molecule has 0 amide bonds. The number of nitrogens with zero attached hydrogens (tertiary/aromatic N) is 2. The van der Waals surface area contributed by atoms with E-state index in [0.29, 0.717) is 6.61 Å². The van der Waals surface area contributed by atoms with E-state index >= 15 is 0 Å². The lowest BCUT2D eigenvalue weighted by Gasteiger charge is -2.20. The number of nitro groups is 1. The van der Waals surface area contributed by atoms with E-state index in [9.17, 15) is 10.1 Å². The van der Waals surface area contributed by atoms with Crippen LogP contribution in [-0.2, 0) is 4.74 Å². The Morgan fingerprint density at radius 1 is 1.24 bits per heavy atom. The molecule has 0 radical (unpaired) electrons. The Morgan fingerprint density at radius 2 is 2.05 bits per heavy atom. The second-order valence-electron chi connectivity index (χ2n) is 4.90. The minimum atomic E-state index is -0.505. The summed E-state index contributed by atoms with van der Waals surface area (Å²) in [5.41, 5.74) is 1.89. The van der Waals surface area contributed by atoms with Gasteiger partial charge in [-0.05, 0) is 28.0 Å². The molecule has 0 aliphatic carbocycles. The van der Waals surface area contributed by atoms with E-state index in [0.717, 1.165) is 17.7 Å². The highest BCUT2D eigenvalue weighted by molar-refractivity contribution is 5.45. The van der Waals surface area contributed by atoms with E-state index in [2.05, 4.69) is 10.3 Å². The van der Waals surface area contributed by atoms with Crippen LogP contribution in [0.1, 0.15) is 18.1 Å². The zero-order chi connectivity index (χ0) is 14.7. The van der Waals surface area contributed by atoms with Crippen LogP contribution >= 0.6 is 0 Å². The van der Waals surface area contributed by atoms with Gasteiger partial charge in [0.15, 0.2) is 6.20 Å². The van der Waals surface area contributed by atoms with Crippen LogP contribution in [0.25, 0.3) is 0 Å². The monoisotopic (exact) mass is 285 g/mol. The van der Waals surface area contributed by atoms with E-state index in [4.69, 9.17) is 4.74 Å². The van der Waals surface area contributed by atoms with Gasteiger partial charge in [0.2, 0.25) is 0 Å². The van der Waals surface area contributed by atoms with Crippen LogP contribution in [-0.4, -0.2) is 22.6 Å². The molecular weight excluding hydrogens is 270 g/mol. The zero-order valence-corrected chi connectivity index (χ0v) is 11.3. The first-order valence-electron chi connectivity index (χ1n) is 6.77. The smallest absolute Gasteiger partial charge is 0.363 e. The molecule has 2 atom stereocenters. The lowest BCUT2D eigenvalue weighted by molar-refractivity contribution is -0.389. The molecule has 0 spiro atoms. The number of aromatic nitrogens is 1. The quantitative estimate of drug-likeness (QED) is 0.690. The number of hydrogen-bond acceptors (Lipinski definition) is 5. The van der Waals surface area contributed by atoms with Crippen molar-refractivity contribution in [2.24, 2.45) is 0 Å². The summed E-state index contributed by atoms with van der Waals surface area (Å²) < 4.78 is 5.79. The molecule has 2 aromatic rings. The average molecular weight is 285 g/mol. The molecule has 1 saturated heterocycles. The molecule has 21 heavy (non-hydrogen) atoms. The Balaban J connectivity index is 1.73. The third-order valence-corrected chi connectivity index (χ3v) is 3.51. The lowest BCUT2D eigenvalue weighted by atomic mass is 10.0. The molecule has 1 fully saturated rings. The fourth-order valence-electron chi connectivity index (χ4n) is 2.50. The number of anilines is 1. The van der Waals surface area contributed by atoms with Gasteiger partial charge in [0.25, 0.3) is 0 Å². The number of benzene rings is 1. The molecule has 0 bridgehead atoms. The predicted molar refractivity (Wildman–Crippen MR) is 78.1 cm³/mol. The Hall–Kier alpha value is -2.47. The van der Waals surface area contributed by atoms with Crippen molar-refractivity contribution in [3.63, 3.8) is 0 Å². The predicted octanol–water partition coefficient (Wildman–Crippen LogP) is 2.93. The molecule has 3 rings (SSSR count). The van der Waals surface area contributed by atoms with Gasteiger partial charge in [-0.3, -0.25) is 0 Å². The third-order valence-electron chi connectivity index (χ3n) is 3.51. The molecule has 6 heteroatoms. The maximum atomic E-state index is 10.6. The highest BCUT2D eigenvalue weighted by Gasteiger charge is 2.29. The Bertz CT molecular complexity index is 616. The molecule has 1 aromatic heterocycles. The number of rotatable bonds is 4. The van der Waals surface area contributed by atoms with Crippen molar-refractivity contribution in [3.8, 4) is 0 Å². The highest BCUT2D eigenvalue weighted by Crippen LogP contribution is 2.31. The maximum Gasteiger partial charge on any atom is 0.363 e. The Labute approximate surface area is 121 Å². The third kappa shape index (κ3) is 3.00. The summed E-state index contributed by atoms with van der Waals surface area (Å²) in [6.07, 6.45) is 2.36. The van der Waals surface area contributed by atoms with E-state index < -0.39 is 4.92 Å². The van der Waals surface area contributed by atoms with Crippen LogP contribution in [0.15, 0.2) is 48.7 Å². The number of hydrogen-bond donors (Lipinski definition) is 1. The summed E-state index contributed by atoms with van der Waals surface area (Å²) >= 11 is 0. The molecule has 1 aliphatic rings. The number of ether oxygens (including phenoxy) is 1. The van der Waals surface area contributed by atoms with Crippen LogP contribution < -0.4 is 5.32 Å². The summed E-state index contributed by atoms with van der Waals surface area (Å²) in [5, 5.41) is 13.9. The molecule has 1 aromatic carbocycles. The molecule has 0 saturated carbocycles. The first-order chi connectivity index (χ1) is 10.2. The minimum absolute atomic E-state index is 0.0126. The van der Waals surface area contributed by atoms with E-state index in [1.807, 2.05) is 30.3 Å². The van der Waals surface area contributed by atoms with E-state index in [1.165, 1.54) is 12.3 Å². The molecule has 1 aliphatic heterocycles. The van der Waals surface area contributed by atoms with Crippen molar-refractivity contribution in [2.75, 3.05) is 11.9 Å². The Kier molecular flexibility index (Phi) is 3.79. The molecule has 1 N–H and O–H groups in total. The first kappa shape index (κ1) is 13.5. The summed E-state index contributed by atoms with van der Waals surface area (Å²) in [6.45, 7) is 0.692. The van der Waals surface area contributed by atoms with Crippen LogP contribution in [0.5, 0.6) is 0 Å². The standard InChI is InChI=1S/C15H15N3O3/c19-18(20)14-7-6-12(10-16-14)17-13-8-9-21-15(13)11-4-2-1-3-5-11/h1-7,10,13,15,17H,8-9H2/t13-,15+/m0/s1. The fourth-order valence-corrected chi connectivity index (χ4v) is 2.50. The largest absolute Gasteiger partial charge is 0.376 e. The number of nitrogens with one attached hydrogen (secondary N) is 1. The van der Waals surface area contributed by atoms with Crippen molar-refractivity contribution in [3.05, 3.63) is 64.3 Å². The zero-order valence-electron chi connectivity index (χ0n) is 11.3. The summed E-state index contributed by atoms with van der Waals surface area (Å²) in [4.78, 5) is 13.9. The molecule has 6 nitrogen and oxygen atoms in total. The number of pyridine rings is 1. The van der Waals surface area contributed by atoms with Crippen LogP contribution in [0, 0.1) is 10.1 Å². The maximum absolute atomic E-state index is 10.6. The van der Waals surface area contributed by atoms with Crippen molar-refractivity contribution in [1.82, 2.24) is 4.98 Å². The van der Waals surface area contributed by atoms with Gasteiger partial charge in [0.05, 0.1) is 11.7 Å². The lowest BCUT2D eigenvalue weighted by Crippen LogP contribution is -2.23. The first-order valence-corrected chi connectivity index (χ1v) is 6.77. The van der Waals surface area contributed by atoms with E-state index in [1.54, 1.807) is 6.07 Å². The molecule has 0 unspecified atom stereocenters. The van der Waals surface area contributed by atoms with Gasteiger partial charge >= 0.3 is 5.82 Å². The second-order valence-corrected chi connectivity index (χ2v) is 4.90. The van der Waals surface area contributed by atoms with Gasteiger partial charge in [0, 0.05) is 12.7 Å². The normalized spacial score (nSPS) is 21.1. The fraction of sp³-hybridized carbons (Fsp3) is 0.267. The molecule has 108 valence electrons. The minimum Gasteiger partial charge on any atom is -0.376 e. The van der Waals surface area contributed by atoms with Crippen LogP contribution in [0.4, 0.5) is 11.5 Å². The Morgan fingerprint density at radius 3 is 2.71 bits per heavy atom.